The van der Waals surface area contributed by atoms with Crippen LogP contribution in [0, 0.1) is 6.92 Å². The van der Waals surface area contributed by atoms with E-state index >= 15 is 0 Å². The van der Waals surface area contributed by atoms with Crippen LogP contribution in [-0.2, 0) is 0 Å². The predicted octanol–water partition coefficient (Wildman–Crippen LogP) is 3.62. The Balaban J connectivity index is 1.55. The smallest absolute Gasteiger partial charge is 0.293 e. The number of ether oxygens (including phenoxy) is 1. The molecule has 1 aromatic carbocycles. The van der Waals surface area contributed by atoms with Crippen LogP contribution in [0.3, 0.4) is 0 Å². The summed E-state index contributed by atoms with van der Waals surface area (Å²) in [5.74, 6) is 1.51. The number of methoxy groups -OCH3 is 1. The molecule has 4 rings (SSSR count). The van der Waals surface area contributed by atoms with E-state index in [9.17, 15) is 4.79 Å². The highest BCUT2D eigenvalue weighted by Gasteiger charge is 2.34. The fourth-order valence-electron chi connectivity index (χ4n) is 3.26. The first kappa shape index (κ1) is 16.4. The Hall–Kier alpha value is -3.09. The SMILES string of the molecule is COc1ccc(-c2cc(C(=O)N3CCCC3c3cc(C)no3)on2)cc1. The molecule has 2 aromatic heterocycles. The van der Waals surface area contributed by atoms with Gasteiger partial charge < -0.3 is 18.7 Å². The summed E-state index contributed by atoms with van der Waals surface area (Å²) in [6.07, 6.45) is 1.76. The van der Waals surface area contributed by atoms with E-state index < -0.39 is 0 Å². The average Bonchev–Trinajstić information content (AvgIpc) is 3.41. The summed E-state index contributed by atoms with van der Waals surface area (Å²) in [5, 5.41) is 7.96. The number of likely N-dealkylation sites (tertiary alicyclic amines) is 1. The molecule has 0 spiro atoms. The summed E-state index contributed by atoms with van der Waals surface area (Å²) in [6, 6.07) is 10.9. The van der Waals surface area contributed by atoms with Crippen LogP contribution >= 0.6 is 0 Å². The lowest BCUT2D eigenvalue weighted by Gasteiger charge is -2.20. The zero-order valence-corrected chi connectivity index (χ0v) is 14.6. The first-order chi connectivity index (χ1) is 12.7. The number of rotatable bonds is 4. The summed E-state index contributed by atoms with van der Waals surface area (Å²) < 4.78 is 15.8. The summed E-state index contributed by atoms with van der Waals surface area (Å²) in [7, 11) is 1.62. The summed E-state index contributed by atoms with van der Waals surface area (Å²) in [5.41, 5.74) is 2.28. The molecule has 0 saturated carbocycles. The molecule has 1 aliphatic heterocycles. The van der Waals surface area contributed by atoms with Gasteiger partial charge in [0.2, 0.25) is 5.76 Å². The van der Waals surface area contributed by atoms with Gasteiger partial charge in [-0.15, -0.1) is 0 Å². The lowest BCUT2D eigenvalue weighted by Crippen LogP contribution is -2.30. The van der Waals surface area contributed by atoms with Crippen molar-refractivity contribution in [3.05, 3.63) is 53.6 Å². The second-order valence-corrected chi connectivity index (χ2v) is 6.33. The van der Waals surface area contributed by atoms with E-state index in [-0.39, 0.29) is 17.7 Å². The molecule has 26 heavy (non-hydrogen) atoms. The highest BCUT2D eigenvalue weighted by atomic mass is 16.5. The molecule has 1 amide bonds. The Bertz CT molecular complexity index is 913. The minimum absolute atomic E-state index is 0.113. The van der Waals surface area contributed by atoms with Gasteiger partial charge >= 0.3 is 0 Å². The minimum Gasteiger partial charge on any atom is -0.497 e. The van der Waals surface area contributed by atoms with E-state index in [0.717, 1.165) is 29.8 Å². The van der Waals surface area contributed by atoms with Crippen LogP contribution in [0.1, 0.15) is 40.9 Å². The van der Waals surface area contributed by atoms with E-state index in [0.29, 0.717) is 18.0 Å². The average molecular weight is 353 g/mol. The van der Waals surface area contributed by atoms with E-state index in [1.54, 1.807) is 18.1 Å². The Labute approximate surface area is 150 Å². The van der Waals surface area contributed by atoms with Gasteiger partial charge in [0.1, 0.15) is 11.4 Å². The van der Waals surface area contributed by atoms with Crippen molar-refractivity contribution in [2.45, 2.75) is 25.8 Å². The third-order valence-corrected chi connectivity index (χ3v) is 4.60. The molecule has 1 fully saturated rings. The number of aromatic nitrogens is 2. The number of nitrogens with zero attached hydrogens (tertiary/aromatic N) is 3. The molecule has 0 N–H and O–H groups in total. The Morgan fingerprint density at radius 3 is 2.69 bits per heavy atom. The van der Waals surface area contributed by atoms with Crippen LogP contribution < -0.4 is 4.74 Å². The van der Waals surface area contributed by atoms with Crippen molar-refractivity contribution >= 4 is 5.91 Å². The number of hydrogen-bond acceptors (Lipinski definition) is 6. The molecule has 3 heterocycles. The molecular formula is C19H19N3O4. The first-order valence-electron chi connectivity index (χ1n) is 8.51. The van der Waals surface area contributed by atoms with E-state index in [4.69, 9.17) is 13.8 Å². The number of benzene rings is 1. The van der Waals surface area contributed by atoms with Crippen LogP contribution in [0.15, 0.2) is 45.4 Å². The Morgan fingerprint density at radius 2 is 2.00 bits per heavy atom. The monoisotopic (exact) mass is 353 g/mol. The maximum atomic E-state index is 12.9. The molecule has 3 aromatic rings. The number of amides is 1. The number of carbonyl (C=O) groups is 1. The van der Waals surface area contributed by atoms with Crippen molar-refractivity contribution in [2.75, 3.05) is 13.7 Å². The fraction of sp³-hybridized carbons (Fsp3) is 0.316. The first-order valence-corrected chi connectivity index (χ1v) is 8.51. The summed E-state index contributed by atoms with van der Waals surface area (Å²) in [6.45, 7) is 2.52. The number of carbonyl (C=O) groups excluding carboxylic acids is 1. The standard InChI is InChI=1S/C19H19N3O4/c1-12-10-17(25-20-12)16-4-3-9-22(16)19(23)18-11-15(21-26-18)13-5-7-14(24-2)8-6-13/h5-8,10-11,16H,3-4,9H2,1-2H3. The molecule has 1 aliphatic rings. The molecule has 1 atom stereocenters. The van der Waals surface area contributed by atoms with Gasteiger partial charge in [0.15, 0.2) is 5.76 Å². The number of aryl methyl sites for hydroxylation is 1. The topological polar surface area (TPSA) is 81.6 Å². The molecule has 0 aliphatic carbocycles. The lowest BCUT2D eigenvalue weighted by molar-refractivity contribution is 0.0672. The van der Waals surface area contributed by atoms with Crippen LogP contribution in [-0.4, -0.2) is 34.8 Å². The van der Waals surface area contributed by atoms with Gasteiger partial charge in [-0.05, 0) is 44.0 Å². The Kier molecular flexibility index (Phi) is 4.20. The van der Waals surface area contributed by atoms with Crippen molar-refractivity contribution in [2.24, 2.45) is 0 Å². The maximum absolute atomic E-state index is 12.9. The van der Waals surface area contributed by atoms with Crippen molar-refractivity contribution in [1.82, 2.24) is 15.2 Å². The van der Waals surface area contributed by atoms with Crippen LogP contribution in [0.25, 0.3) is 11.3 Å². The fourth-order valence-corrected chi connectivity index (χ4v) is 3.26. The molecule has 1 saturated heterocycles. The van der Waals surface area contributed by atoms with E-state index in [2.05, 4.69) is 10.3 Å². The van der Waals surface area contributed by atoms with Crippen LogP contribution in [0.5, 0.6) is 5.75 Å². The second kappa shape index (κ2) is 6.67. The number of hydrogen-bond donors (Lipinski definition) is 0. The van der Waals surface area contributed by atoms with E-state index in [1.807, 2.05) is 37.3 Å². The molecular weight excluding hydrogens is 334 g/mol. The Morgan fingerprint density at radius 1 is 1.19 bits per heavy atom. The molecule has 0 bridgehead atoms. The summed E-state index contributed by atoms with van der Waals surface area (Å²) >= 11 is 0. The highest BCUT2D eigenvalue weighted by Crippen LogP contribution is 2.34. The summed E-state index contributed by atoms with van der Waals surface area (Å²) in [4.78, 5) is 14.7. The maximum Gasteiger partial charge on any atom is 0.293 e. The van der Waals surface area contributed by atoms with Gasteiger partial charge in [0.05, 0.1) is 18.8 Å². The van der Waals surface area contributed by atoms with Crippen molar-refractivity contribution in [3.8, 4) is 17.0 Å². The molecule has 7 nitrogen and oxygen atoms in total. The van der Waals surface area contributed by atoms with Crippen molar-refractivity contribution in [1.29, 1.82) is 0 Å². The zero-order valence-electron chi connectivity index (χ0n) is 14.6. The van der Waals surface area contributed by atoms with Gasteiger partial charge in [0.25, 0.3) is 5.91 Å². The largest absolute Gasteiger partial charge is 0.497 e. The minimum atomic E-state index is -0.186. The third kappa shape index (κ3) is 2.96. The predicted molar refractivity (Wildman–Crippen MR) is 92.7 cm³/mol. The van der Waals surface area contributed by atoms with Gasteiger partial charge in [-0.1, -0.05) is 10.3 Å². The molecule has 134 valence electrons. The second-order valence-electron chi connectivity index (χ2n) is 6.33. The molecule has 7 heteroatoms. The van der Waals surface area contributed by atoms with E-state index in [1.165, 1.54) is 0 Å². The zero-order chi connectivity index (χ0) is 18.1. The van der Waals surface area contributed by atoms with Crippen molar-refractivity contribution < 1.29 is 18.6 Å². The normalized spacial score (nSPS) is 16.8. The third-order valence-electron chi connectivity index (χ3n) is 4.60. The molecule has 0 radical (unpaired) electrons. The van der Waals surface area contributed by atoms with Gasteiger partial charge in [0, 0.05) is 24.2 Å². The quantitative estimate of drug-likeness (QED) is 0.712. The van der Waals surface area contributed by atoms with Crippen molar-refractivity contribution in [3.63, 3.8) is 0 Å². The van der Waals surface area contributed by atoms with Crippen LogP contribution in [0.4, 0.5) is 0 Å². The van der Waals surface area contributed by atoms with Gasteiger partial charge in [-0.2, -0.15) is 0 Å². The molecule has 1 unspecified atom stereocenters. The van der Waals surface area contributed by atoms with Gasteiger partial charge in [-0.25, -0.2) is 0 Å². The highest BCUT2D eigenvalue weighted by molar-refractivity contribution is 5.92. The van der Waals surface area contributed by atoms with Crippen LogP contribution in [0.2, 0.25) is 0 Å². The van der Waals surface area contributed by atoms with Gasteiger partial charge in [-0.3, -0.25) is 4.79 Å². The lowest BCUT2D eigenvalue weighted by atomic mass is 10.1.